The summed E-state index contributed by atoms with van der Waals surface area (Å²) < 4.78 is 9.34. The van der Waals surface area contributed by atoms with Crippen molar-refractivity contribution >= 4 is 28.9 Å². The molecule has 0 aliphatic heterocycles. The van der Waals surface area contributed by atoms with Gasteiger partial charge in [0.1, 0.15) is 4.88 Å². The first kappa shape index (κ1) is 11.5. The molecule has 0 unspecified atom stereocenters. The second kappa shape index (κ2) is 4.14. The Kier molecular flexibility index (Phi) is 2.81. The second-order valence-electron chi connectivity index (χ2n) is 3.25. The molecule has 88 valence electrons. The van der Waals surface area contributed by atoms with Gasteiger partial charge in [0.15, 0.2) is 11.5 Å². The van der Waals surface area contributed by atoms with Gasteiger partial charge in [-0.05, 0) is 6.07 Å². The molecule has 1 aliphatic carbocycles. The molecule has 0 fully saturated rings. The van der Waals surface area contributed by atoms with Crippen LogP contribution in [0.3, 0.4) is 0 Å². The maximum absolute atomic E-state index is 11.8. The summed E-state index contributed by atoms with van der Waals surface area (Å²) in [5, 5.41) is 0. The minimum absolute atomic E-state index is 0.0169. The molecule has 0 spiro atoms. The molecule has 0 amide bonds. The van der Waals surface area contributed by atoms with Gasteiger partial charge in [-0.3, -0.25) is 9.59 Å². The van der Waals surface area contributed by atoms with Crippen molar-refractivity contribution in [2.75, 3.05) is 14.2 Å². The Balaban J connectivity index is 2.51. The van der Waals surface area contributed by atoms with Crippen LogP contribution in [0, 0.1) is 0 Å². The number of fused-ring (bicyclic) bond motifs is 1. The van der Waals surface area contributed by atoms with Gasteiger partial charge in [-0.15, -0.1) is 11.3 Å². The van der Waals surface area contributed by atoms with Gasteiger partial charge >= 0.3 is 5.97 Å². The second-order valence-corrected chi connectivity index (χ2v) is 4.30. The highest BCUT2D eigenvalue weighted by molar-refractivity contribution is 7.16. The van der Waals surface area contributed by atoms with E-state index in [-0.39, 0.29) is 26.9 Å². The molecule has 1 aromatic rings. The number of hydrogen-bond acceptors (Lipinski definition) is 6. The summed E-state index contributed by atoms with van der Waals surface area (Å²) in [6.07, 6.45) is 1.13. The third kappa shape index (κ3) is 1.76. The SMILES string of the molecule is COC(=O)c1cc2c(s1)C(=O)C=C(OC)C2=O. The molecular weight excluding hydrogens is 244 g/mol. The van der Waals surface area contributed by atoms with Crippen LogP contribution in [0.2, 0.25) is 0 Å². The smallest absolute Gasteiger partial charge is 0.348 e. The number of methoxy groups -OCH3 is 2. The Hall–Kier alpha value is -1.95. The molecule has 0 saturated carbocycles. The zero-order chi connectivity index (χ0) is 12.6. The van der Waals surface area contributed by atoms with E-state index in [1.54, 1.807) is 0 Å². The van der Waals surface area contributed by atoms with E-state index in [4.69, 9.17) is 4.74 Å². The molecule has 17 heavy (non-hydrogen) atoms. The Labute approximate surface area is 101 Å². The van der Waals surface area contributed by atoms with Gasteiger partial charge in [0.2, 0.25) is 5.78 Å². The van der Waals surface area contributed by atoms with E-state index in [9.17, 15) is 14.4 Å². The van der Waals surface area contributed by atoms with Gasteiger partial charge in [0.05, 0.1) is 19.1 Å². The fourth-order valence-corrected chi connectivity index (χ4v) is 2.46. The van der Waals surface area contributed by atoms with Crippen LogP contribution in [0.15, 0.2) is 17.9 Å². The average molecular weight is 252 g/mol. The number of thiophene rings is 1. The highest BCUT2D eigenvalue weighted by atomic mass is 32.1. The van der Waals surface area contributed by atoms with Gasteiger partial charge in [-0.1, -0.05) is 0 Å². The van der Waals surface area contributed by atoms with Gasteiger partial charge in [0.25, 0.3) is 0 Å². The quantitative estimate of drug-likeness (QED) is 0.745. The monoisotopic (exact) mass is 252 g/mol. The Morgan fingerprint density at radius 3 is 2.59 bits per heavy atom. The normalized spacial score (nSPS) is 14.1. The number of ketones is 2. The maximum atomic E-state index is 11.8. The number of carbonyl (C=O) groups excluding carboxylic acids is 3. The van der Waals surface area contributed by atoms with Crippen LogP contribution in [0.5, 0.6) is 0 Å². The lowest BCUT2D eigenvalue weighted by Crippen LogP contribution is -2.15. The lowest BCUT2D eigenvalue weighted by Gasteiger charge is -2.09. The summed E-state index contributed by atoms with van der Waals surface area (Å²) >= 11 is 0.947. The lowest BCUT2D eigenvalue weighted by atomic mass is 10.0. The summed E-state index contributed by atoms with van der Waals surface area (Å²) in [6.45, 7) is 0. The molecule has 0 aromatic carbocycles. The van der Waals surface area contributed by atoms with Crippen LogP contribution in [0.4, 0.5) is 0 Å². The largest absolute Gasteiger partial charge is 0.492 e. The first-order chi connectivity index (χ1) is 8.08. The van der Waals surface area contributed by atoms with Gasteiger partial charge in [0, 0.05) is 11.6 Å². The van der Waals surface area contributed by atoms with Crippen molar-refractivity contribution in [3.05, 3.63) is 33.2 Å². The van der Waals surface area contributed by atoms with Crippen molar-refractivity contribution in [1.82, 2.24) is 0 Å². The van der Waals surface area contributed by atoms with E-state index >= 15 is 0 Å². The fourth-order valence-electron chi connectivity index (χ4n) is 1.48. The predicted molar refractivity (Wildman–Crippen MR) is 59.4 cm³/mol. The number of esters is 1. The third-order valence-corrected chi connectivity index (χ3v) is 3.42. The van der Waals surface area contributed by atoms with Gasteiger partial charge < -0.3 is 9.47 Å². The molecule has 0 radical (unpaired) electrons. The topological polar surface area (TPSA) is 69.7 Å². The Morgan fingerprint density at radius 1 is 1.29 bits per heavy atom. The van der Waals surface area contributed by atoms with E-state index in [2.05, 4.69) is 4.74 Å². The van der Waals surface area contributed by atoms with Crippen LogP contribution in [-0.2, 0) is 9.47 Å². The van der Waals surface area contributed by atoms with E-state index < -0.39 is 11.8 Å². The number of ether oxygens (including phenoxy) is 2. The molecular formula is C11H8O5S. The number of allylic oxidation sites excluding steroid dienone is 2. The lowest BCUT2D eigenvalue weighted by molar-refractivity contribution is 0.0606. The van der Waals surface area contributed by atoms with Crippen LogP contribution in [0.1, 0.15) is 29.7 Å². The minimum Gasteiger partial charge on any atom is -0.492 e. The van der Waals surface area contributed by atoms with E-state index in [0.717, 1.165) is 17.4 Å². The molecule has 0 N–H and O–H groups in total. The number of rotatable bonds is 2. The zero-order valence-corrected chi connectivity index (χ0v) is 9.92. The summed E-state index contributed by atoms with van der Waals surface area (Å²) in [5.74, 6) is -1.31. The highest BCUT2D eigenvalue weighted by Gasteiger charge is 2.30. The molecule has 0 atom stereocenters. The van der Waals surface area contributed by atoms with Gasteiger partial charge in [-0.25, -0.2) is 4.79 Å². The van der Waals surface area contributed by atoms with Crippen molar-refractivity contribution in [3.63, 3.8) is 0 Å². The van der Waals surface area contributed by atoms with E-state index in [1.165, 1.54) is 20.3 Å². The first-order valence-corrected chi connectivity index (χ1v) is 5.47. The molecule has 6 heteroatoms. The molecule has 0 saturated heterocycles. The molecule has 2 rings (SSSR count). The van der Waals surface area contributed by atoms with E-state index in [0.29, 0.717) is 0 Å². The molecule has 5 nitrogen and oxygen atoms in total. The predicted octanol–water partition coefficient (Wildman–Crippen LogP) is 1.44. The van der Waals surface area contributed by atoms with Crippen LogP contribution < -0.4 is 0 Å². The Bertz CT molecular complexity index is 552. The highest BCUT2D eigenvalue weighted by Crippen LogP contribution is 2.30. The molecule has 0 bridgehead atoms. The van der Waals surface area contributed by atoms with Crippen molar-refractivity contribution in [1.29, 1.82) is 0 Å². The summed E-state index contributed by atoms with van der Waals surface area (Å²) in [7, 11) is 2.55. The van der Waals surface area contributed by atoms with Crippen molar-refractivity contribution in [2.24, 2.45) is 0 Å². The average Bonchev–Trinajstić information content (AvgIpc) is 2.78. The summed E-state index contributed by atoms with van der Waals surface area (Å²) in [6, 6.07) is 1.36. The van der Waals surface area contributed by atoms with Crippen LogP contribution >= 0.6 is 11.3 Å². The number of Topliss-reactive ketones (excluding diaryl/α,β-unsaturated/α-hetero) is 1. The van der Waals surface area contributed by atoms with E-state index in [1.807, 2.05) is 0 Å². The molecule has 1 aromatic heterocycles. The maximum Gasteiger partial charge on any atom is 0.348 e. The first-order valence-electron chi connectivity index (χ1n) is 4.65. The Morgan fingerprint density at radius 2 is 2.00 bits per heavy atom. The molecule has 1 heterocycles. The zero-order valence-electron chi connectivity index (χ0n) is 9.10. The van der Waals surface area contributed by atoms with Crippen molar-refractivity contribution in [2.45, 2.75) is 0 Å². The standard InChI is InChI=1S/C11H8O5S/c1-15-7-4-6(12)10-5(9(7)13)3-8(17-10)11(14)16-2/h3-4H,1-2H3. The van der Waals surface area contributed by atoms with Crippen LogP contribution in [-0.4, -0.2) is 31.8 Å². The third-order valence-electron chi connectivity index (χ3n) is 2.29. The molecule has 1 aliphatic rings. The number of hydrogen-bond donors (Lipinski definition) is 0. The van der Waals surface area contributed by atoms with Crippen LogP contribution in [0.25, 0.3) is 0 Å². The summed E-state index contributed by atoms with van der Waals surface area (Å²) in [5.41, 5.74) is 0.194. The summed E-state index contributed by atoms with van der Waals surface area (Å²) in [4.78, 5) is 35.3. The van der Waals surface area contributed by atoms with Crippen molar-refractivity contribution < 1.29 is 23.9 Å². The fraction of sp³-hybridized carbons (Fsp3) is 0.182. The van der Waals surface area contributed by atoms with Gasteiger partial charge in [-0.2, -0.15) is 0 Å². The minimum atomic E-state index is -0.566. The van der Waals surface area contributed by atoms with Crippen molar-refractivity contribution in [3.8, 4) is 0 Å². The number of carbonyl (C=O) groups is 3.